The number of hydrogen-bond donors (Lipinski definition) is 1. The number of likely N-dealkylation sites (tertiary alicyclic amines) is 2. The second kappa shape index (κ2) is 10.2. The van der Waals surface area contributed by atoms with Crippen LogP contribution >= 0.6 is 22.9 Å². The van der Waals surface area contributed by atoms with Crippen molar-refractivity contribution in [3.05, 3.63) is 16.5 Å². The van der Waals surface area contributed by atoms with Gasteiger partial charge in [0.2, 0.25) is 0 Å². The van der Waals surface area contributed by atoms with Crippen molar-refractivity contribution < 1.29 is 27.8 Å². The number of rotatable bonds is 8. The molecule has 4 heterocycles. The highest BCUT2D eigenvalue weighted by Gasteiger charge is 2.61. The van der Waals surface area contributed by atoms with E-state index in [4.69, 9.17) is 21.1 Å². The van der Waals surface area contributed by atoms with Crippen molar-refractivity contribution in [2.75, 3.05) is 46.0 Å². The van der Waals surface area contributed by atoms with E-state index in [2.05, 4.69) is 4.90 Å². The fourth-order valence-electron chi connectivity index (χ4n) is 6.52. The first-order chi connectivity index (χ1) is 17.8. The number of halogens is 1. The van der Waals surface area contributed by atoms with E-state index in [9.17, 15) is 18.3 Å². The summed E-state index contributed by atoms with van der Waals surface area (Å²) >= 11 is 7.18. The van der Waals surface area contributed by atoms with Crippen LogP contribution in [0.4, 0.5) is 4.79 Å². The Hall–Kier alpha value is -0.950. The van der Waals surface area contributed by atoms with Crippen molar-refractivity contribution in [3.8, 4) is 0 Å². The standard InChI is InChI=1S/C25H36ClN3O6S2/c26-22-3-4-23(36-22)37(32,33)29-20(11-17-1-2-17)15-34-16-21(29)25(6-7-25)35-24(31)28-8-5-18-12-19(14-28)27(13-18)9-10-30/h3-4,17-21,30H,1-2,5-16H2/t18?,19?,20-,21-/m1/s1. The van der Waals surface area contributed by atoms with Gasteiger partial charge in [-0.05, 0) is 56.1 Å². The first-order valence-corrected chi connectivity index (χ1v) is 16.1. The Kier molecular flexibility index (Phi) is 7.26. The van der Waals surface area contributed by atoms with Crippen LogP contribution in [0.25, 0.3) is 0 Å². The van der Waals surface area contributed by atoms with Gasteiger partial charge in [-0.1, -0.05) is 24.4 Å². The van der Waals surface area contributed by atoms with E-state index in [1.54, 1.807) is 21.3 Å². The fraction of sp³-hybridized carbons (Fsp3) is 0.800. The smallest absolute Gasteiger partial charge is 0.410 e. The zero-order valence-corrected chi connectivity index (χ0v) is 23.4. The van der Waals surface area contributed by atoms with Gasteiger partial charge in [0.1, 0.15) is 9.81 Å². The number of hydrogen-bond acceptors (Lipinski definition) is 8. The highest BCUT2D eigenvalue weighted by atomic mass is 35.5. The number of nitrogens with zero attached hydrogens (tertiary/aromatic N) is 3. The monoisotopic (exact) mass is 573 g/mol. The molecule has 2 unspecified atom stereocenters. The zero-order chi connectivity index (χ0) is 25.8. The average Bonchev–Trinajstić information content (AvgIpc) is 3.76. The number of thiophene rings is 1. The molecule has 5 aliphatic rings. The summed E-state index contributed by atoms with van der Waals surface area (Å²) in [5.41, 5.74) is -0.871. The van der Waals surface area contributed by atoms with Crippen LogP contribution in [0.5, 0.6) is 0 Å². The SMILES string of the molecule is O=C(OC1([C@H]2COC[C@@H](CC3CC3)N2S(=O)(=O)c2ccc(Cl)s2)CC1)N1CCC2CC(C1)N(CCO)C2. The van der Waals surface area contributed by atoms with Gasteiger partial charge in [0, 0.05) is 38.3 Å². The third-order valence-electron chi connectivity index (χ3n) is 8.77. The Morgan fingerprint density at radius 1 is 1.22 bits per heavy atom. The Bertz CT molecular complexity index is 1110. The first kappa shape index (κ1) is 26.3. The van der Waals surface area contributed by atoms with Crippen LogP contribution in [0.15, 0.2) is 16.3 Å². The number of carbonyl (C=O) groups is 1. The molecule has 5 fully saturated rings. The molecular formula is C25H36ClN3O6S2. The van der Waals surface area contributed by atoms with E-state index in [-0.39, 0.29) is 35.6 Å². The van der Waals surface area contributed by atoms with Crippen molar-refractivity contribution in [3.63, 3.8) is 0 Å². The quantitative estimate of drug-likeness (QED) is 0.510. The van der Waals surface area contributed by atoms with Crippen LogP contribution < -0.4 is 0 Å². The lowest BCUT2D eigenvalue weighted by Gasteiger charge is -2.44. The molecule has 1 aromatic rings. The van der Waals surface area contributed by atoms with Crippen molar-refractivity contribution in [1.82, 2.24) is 14.1 Å². The van der Waals surface area contributed by atoms with E-state index >= 15 is 0 Å². The second-order valence-electron chi connectivity index (χ2n) is 11.4. The second-order valence-corrected chi connectivity index (χ2v) is 15.2. The molecule has 3 aliphatic heterocycles. The lowest BCUT2D eigenvalue weighted by molar-refractivity contribution is -0.0740. The Labute approximate surface area is 227 Å². The number of aliphatic hydroxyl groups is 1. The Morgan fingerprint density at radius 3 is 2.70 bits per heavy atom. The third kappa shape index (κ3) is 5.29. The van der Waals surface area contributed by atoms with Gasteiger partial charge in [-0.15, -0.1) is 11.3 Å². The molecule has 1 N–H and O–H groups in total. The minimum atomic E-state index is -3.84. The number of carbonyl (C=O) groups excluding carboxylic acids is 1. The number of fused-ring (bicyclic) bond motifs is 2. The van der Waals surface area contributed by atoms with Gasteiger partial charge < -0.3 is 19.5 Å². The molecule has 0 radical (unpaired) electrons. The molecule has 37 heavy (non-hydrogen) atoms. The summed E-state index contributed by atoms with van der Waals surface area (Å²) in [5.74, 6) is 1.04. The molecule has 0 spiro atoms. The molecule has 3 saturated heterocycles. The minimum absolute atomic E-state index is 0.111. The average molecular weight is 574 g/mol. The number of ether oxygens (including phenoxy) is 2. The molecule has 1 amide bonds. The van der Waals surface area contributed by atoms with Crippen LogP contribution in [0.1, 0.15) is 44.9 Å². The topological polar surface area (TPSA) is 99.6 Å². The molecule has 2 saturated carbocycles. The molecule has 6 rings (SSSR count). The van der Waals surface area contributed by atoms with Gasteiger partial charge >= 0.3 is 6.09 Å². The summed E-state index contributed by atoms with van der Waals surface area (Å²) < 4.78 is 42.4. The maximum absolute atomic E-state index is 14.0. The van der Waals surface area contributed by atoms with Crippen molar-refractivity contribution >= 4 is 39.1 Å². The highest BCUT2D eigenvalue weighted by molar-refractivity contribution is 7.91. The third-order valence-corrected chi connectivity index (χ3v) is 12.4. The molecule has 9 nitrogen and oxygen atoms in total. The van der Waals surface area contributed by atoms with Gasteiger partial charge in [-0.2, -0.15) is 4.31 Å². The van der Waals surface area contributed by atoms with E-state index in [1.807, 2.05) is 0 Å². The molecule has 206 valence electrons. The van der Waals surface area contributed by atoms with Gasteiger partial charge in [-0.3, -0.25) is 4.90 Å². The van der Waals surface area contributed by atoms with Crippen LogP contribution in [0, 0.1) is 11.8 Å². The fourth-order valence-corrected chi connectivity index (χ4v) is 9.96. The number of amides is 1. The van der Waals surface area contributed by atoms with E-state index in [1.165, 1.54) is 0 Å². The van der Waals surface area contributed by atoms with Crippen molar-refractivity contribution in [2.24, 2.45) is 11.8 Å². The van der Waals surface area contributed by atoms with Gasteiger partial charge in [0.15, 0.2) is 0 Å². The number of morpholine rings is 1. The maximum atomic E-state index is 14.0. The van der Waals surface area contributed by atoms with Crippen molar-refractivity contribution in [2.45, 2.75) is 72.9 Å². The molecule has 0 aromatic carbocycles. The summed E-state index contributed by atoms with van der Waals surface area (Å²) in [6.45, 7) is 3.48. The van der Waals surface area contributed by atoms with E-state index in [0.717, 1.165) is 50.0 Å². The van der Waals surface area contributed by atoms with Crippen LogP contribution in [-0.2, 0) is 19.5 Å². The highest BCUT2D eigenvalue weighted by Crippen LogP contribution is 2.50. The zero-order valence-electron chi connectivity index (χ0n) is 21.0. The molecule has 4 atom stereocenters. The maximum Gasteiger partial charge on any atom is 0.410 e. The van der Waals surface area contributed by atoms with E-state index < -0.39 is 21.7 Å². The van der Waals surface area contributed by atoms with Crippen LogP contribution in [-0.4, -0.2) is 103 Å². The summed E-state index contributed by atoms with van der Waals surface area (Å²) in [6, 6.07) is 2.57. The summed E-state index contributed by atoms with van der Waals surface area (Å²) in [4.78, 5) is 17.6. The van der Waals surface area contributed by atoms with Gasteiger partial charge in [-0.25, -0.2) is 13.2 Å². The molecule has 2 bridgehead atoms. The summed E-state index contributed by atoms with van der Waals surface area (Å²) in [5, 5.41) is 9.43. The van der Waals surface area contributed by atoms with Crippen molar-refractivity contribution in [1.29, 1.82) is 0 Å². The number of sulfonamides is 1. The molecule has 2 aliphatic carbocycles. The predicted octanol–water partition coefficient (Wildman–Crippen LogP) is 3.02. The normalized spacial score (nSPS) is 32.3. The summed E-state index contributed by atoms with van der Waals surface area (Å²) in [7, 11) is -3.84. The number of aliphatic hydroxyl groups excluding tert-OH is 1. The van der Waals surface area contributed by atoms with Crippen LogP contribution in [0.2, 0.25) is 4.34 Å². The lowest BCUT2D eigenvalue weighted by atomic mass is 10.0. The van der Waals surface area contributed by atoms with Crippen LogP contribution in [0.3, 0.4) is 0 Å². The molecule has 1 aromatic heterocycles. The Morgan fingerprint density at radius 2 is 2.03 bits per heavy atom. The van der Waals surface area contributed by atoms with Gasteiger partial charge in [0.25, 0.3) is 10.0 Å². The Balaban J connectivity index is 1.22. The molecular weight excluding hydrogens is 538 g/mol. The van der Waals surface area contributed by atoms with E-state index in [0.29, 0.717) is 55.3 Å². The number of β-amino-alcohol motifs (C(OH)–C–C–N with tert-alkyl or cyclic N) is 1. The lowest BCUT2D eigenvalue weighted by Crippen LogP contribution is -2.61. The summed E-state index contributed by atoms with van der Waals surface area (Å²) in [6.07, 6.45) is 5.81. The largest absolute Gasteiger partial charge is 0.441 e. The predicted molar refractivity (Wildman–Crippen MR) is 139 cm³/mol. The minimum Gasteiger partial charge on any atom is -0.441 e. The van der Waals surface area contributed by atoms with Gasteiger partial charge in [0.05, 0.1) is 30.2 Å². The molecule has 12 heteroatoms. The first-order valence-electron chi connectivity index (χ1n) is 13.5.